The first-order chi connectivity index (χ1) is 11.8. The lowest BCUT2D eigenvalue weighted by Crippen LogP contribution is -2.27. The van der Waals surface area contributed by atoms with E-state index in [-0.39, 0.29) is 0 Å². The predicted molar refractivity (Wildman–Crippen MR) is 98.2 cm³/mol. The van der Waals surface area contributed by atoms with Crippen molar-refractivity contribution < 1.29 is 14.3 Å². The Morgan fingerprint density at radius 2 is 2.00 bits per heavy atom. The number of nitrogens with zero attached hydrogens (tertiary/aromatic N) is 2. The van der Waals surface area contributed by atoms with Crippen LogP contribution in [0.5, 0.6) is 11.6 Å². The van der Waals surface area contributed by atoms with Crippen molar-refractivity contribution in [2.45, 2.75) is 26.4 Å². The number of thiazole rings is 1. The molecular formula is C17H18N4O3S. The molecular weight excluding hydrogens is 340 g/mol. The zero-order chi connectivity index (χ0) is 18.0. The summed E-state index contributed by atoms with van der Waals surface area (Å²) in [7, 11) is 0. The van der Waals surface area contributed by atoms with Crippen LogP contribution in [-0.4, -0.2) is 21.7 Å². The van der Waals surface area contributed by atoms with E-state index in [1.54, 1.807) is 57.2 Å². The molecule has 0 saturated heterocycles. The molecule has 2 aromatic heterocycles. The Hall–Kier alpha value is -2.87. The van der Waals surface area contributed by atoms with Gasteiger partial charge >= 0.3 is 6.09 Å². The Balaban J connectivity index is 1.73. The number of pyridine rings is 1. The number of nitrogens with one attached hydrogen (secondary N) is 1. The highest BCUT2D eigenvalue weighted by Gasteiger charge is 2.16. The van der Waals surface area contributed by atoms with E-state index in [0.29, 0.717) is 27.3 Å². The molecule has 3 N–H and O–H groups in total. The van der Waals surface area contributed by atoms with Gasteiger partial charge in [0.25, 0.3) is 0 Å². The molecule has 0 bridgehead atoms. The maximum atomic E-state index is 11.8. The largest absolute Gasteiger partial charge is 0.444 e. The van der Waals surface area contributed by atoms with Gasteiger partial charge in [0.1, 0.15) is 21.7 Å². The van der Waals surface area contributed by atoms with Gasteiger partial charge in [-0.05, 0) is 39.0 Å². The van der Waals surface area contributed by atoms with Gasteiger partial charge in [-0.3, -0.25) is 5.32 Å². The molecule has 0 saturated carbocycles. The monoisotopic (exact) mass is 358 g/mol. The average Bonchev–Trinajstić information content (AvgIpc) is 2.85. The quantitative estimate of drug-likeness (QED) is 0.719. The fourth-order valence-corrected chi connectivity index (χ4v) is 2.75. The second-order valence-electron chi connectivity index (χ2n) is 6.28. The van der Waals surface area contributed by atoms with Crippen molar-refractivity contribution in [3.8, 4) is 11.6 Å². The summed E-state index contributed by atoms with van der Waals surface area (Å²) >= 11 is 1.30. The number of rotatable bonds is 3. The van der Waals surface area contributed by atoms with Crippen molar-refractivity contribution in [2.75, 3.05) is 11.1 Å². The number of benzene rings is 1. The fourth-order valence-electron chi connectivity index (χ4n) is 2.05. The molecule has 0 aliphatic rings. The van der Waals surface area contributed by atoms with E-state index in [1.807, 2.05) is 0 Å². The van der Waals surface area contributed by atoms with E-state index >= 15 is 0 Å². The Kier molecular flexibility index (Phi) is 4.45. The number of fused-ring (bicyclic) bond motifs is 1. The molecule has 3 rings (SSSR count). The Morgan fingerprint density at radius 3 is 2.76 bits per heavy atom. The lowest BCUT2D eigenvalue weighted by Gasteiger charge is -2.19. The number of nitrogens with two attached hydrogens (primary N) is 1. The minimum atomic E-state index is -0.561. The number of hydrogen-bond donors (Lipinski definition) is 2. The second-order valence-corrected chi connectivity index (χ2v) is 7.29. The zero-order valence-electron chi connectivity index (χ0n) is 14.1. The third-order valence-electron chi connectivity index (χ3n) is 2.95. The van der Waals surface area contributed by atoms with Gasteiger partial charge in [-0.25, -0.2) is 14.8 Å². The number of nitrogen functional groups attached to an aromatic ring is 1. The van der Waals surface area contributed by atoms with Crippen LogP contribution in [0.25, 0.3) is 10.3 Å². The fraction of sp³-hybridized carbons (Fsp3) is 0.235. The van der Waals surface area contributed by atoms with Crippen LogP contribution in [0.3, 0.4) is 0 Å². The third-order valence-corrected chi connectivity index (χ3v) is 3.74. The topological polar surface area (TPSA) is 99.4 Å². The minimum absolute atomic E-state index is 0.422. The van der Waals surface area contributed by atoms with E-state index < -0.39 is 11.7 Å². The van der Waals surface area contributed by atoms with Crippen LogP contribution in [-0.2, 0) is 4.74 Å². The summed E-state index contributed by atoms with van der Waals surface area (Å²) in [6, 6.07) is 10.5. The first-order valence-electron chi connectivity index (χ1n) is 7.59. The summed E-state index contributed by atoms with van der Waals surface area (Å²) in [6.07, 6.45) is -0.524. The lowest BCUT2D eigenvalue weighted by atomic mass is 10.2. The van der Waals surface area contributed by atoms with Gasteiger partial charge in [0.15, 0.2) is 5.13 Å². The normalized spacial score (nSPS) is 11.3. The van der Waals surface area contributed by atoms with Crippen molar-refractivity contribution in [3.05, 3.63) is 36.4 Å². The summed E-state index contributed by atoms with van der Waals surface area (Å²) in [5.74, 6) is 0.962. The van der Waals surface area contributed by atoms with E-state index in [1.165, 1.54) is 11.3 Å². The van der Waals surface area contributed by atoms with Gasteiger partial charge in [-0.2, -0.15) is 0 Å². The molecule has 3 aromatic rings. The predicted octanol–water partition coefficient (Wildman–Crippen LogP) is 4.41. The van der Waals surface area contributed by atoms with Crippen LogP contribution in [0.1, 0.15) is 20.8 Å². The van der Waals surface area contributed by atoms with E-state index in [4.69, 9.17) is 15.2 Å². The van der Waals surface area contributed by atoms with Crippen molar-refractivity contribution in [1.82, 2.24) is 9.97 Å². The highest BCUT2D eigenvalue weighted by Crippen LogP contribution is 2.27. The van der Waals surface area contributed by atoms with Crippen molar-refractivity contribution in [2.24, 2.45) is 0 Å². The van der Waals surface area contributed by atoms with Crippen molar-refractivity contribution in [1.29, 1.82) is 0 Å². The van der Waals surface area contributed by atoms with Crippen LogP contribution in [0, 0.1) is 0 Å². The Morgan fingerprint density at radius 1 is 1.20 bits per heavy atom. The average molecular weight is 358 g/mol. The molecule has 1 aromatic carbocycles. The van der Waals surface area contributed by atoms with Crippen LogP contribution < -0.4 is 15.8 Å². The van der Waals surface area contributed by atoms with Crippen LogP contribution in [0.2, 0.25) is 0 Å². The summed E-state index contributed by atoms with van der Waals surface area (Å²) < 4.78 is 11.0. The molecule has 7 nitrogen and oxygen atoms in total. The number of aromatic nitrogens is 2. The van der Waals surface area contributed by atoms with Crippen LogP contribution in [0.4, 0.5) is 15.6 Å². The second kappa shape index (κ2) is 6.56. The summed E-state index contributed by atoms with van der Waals surface area (Å²) in [6.45, 7) is 5.42. The van der Waals surface area contributed by atoms with Gasteiger partial charge in [0.2, 0.25) is 5.88 Å². The maximum Gasteiger partial charge on any atom is 0.412 e. The molecule has 0 atom stereocenters. The number of carbonyl (C=O) groups is 1. The molecule has 0 spiro atoms. The number of carbonyl (C=O) groups excluding carboxylic acids is 1. The summed E-state index contributed by atoms with van der Waals surface area (Å²) in [4.78, 5) is 21.1. The molecule has 0 radical (unpaired) electrons. The highest BCUT2D eigenvalue weighted by atomic mass is 32.1. The number of ether oxygens (including phenoxy) is 2. The number of hydrogen-bond acceptors (Lipinski definition) is 7. The summed E-state index contributed by atoms with van der Waals surface area (Å²) in [5.41, 5.74) is 6.41. The van der Waals surface area contributed by atoms with Crippen LogP contribution >= 0.6 is 11.3 Å². The number of amides is 1. The minimum Gasteiger partial charge on any atom is -0.444 e. The van der Waals surface area contributed by atoms with Gasteiger partial charge < -0.3 is 15.2 Å². The Bertz CT molecular complexity index is 918. The molecule has 8 heteroatoms. The molecule has 0 aliphatic heterocycles. The van der Waals surface area contributed by atoms with E-state index in [0.717, 1.165) is 5.52 Å². The Labute approximate surface area is 148 Å². The van der Waals surface area contributed by atoms with Crippen LogP contribution in [0.15, 0.2) is 36.4 Å². The number of anilines is 2. The summed E-state index contributed by atoms with van der Waals surface area (Å²) in [5, 5.41) is 3.13. The standard InChI is InChI=1S/C17H18N4O3S/c1-17(2,3)24-16(22)19-10-5-4-6-11(9-10)23-13-8-7-12-14(21-13)25-15(18)20-12/h4-9H,1-3H3,(H2,18,20)(H,19,22). The van der Waals surface area contributed by atoms with E-state index in [9.17, 15) is 4.79 Å². The van der Waals surface area contributed by atoms with E-state index in [2.05, 4.69) is 15.3 Å². The SMILES string of the molecule is CC(C)(C)OC(=O)Nc1cccc(Oc2ccc3nc(N)sc3n2)c1. The molecule has 1 amide bonds. The highest BCUT2D eigenvalue weighted by molar-refractivity contribution is 7.21. The first kappa shape index (κ1) is 17.0. The van der Waals surface area contributed by atoms with Crippen molar-refractivity contribution >= 4 is 38.6 Å². The maximum absolute atomic E-state index is 11.8. The van der Waals surface area contributed by atoms with Crippen molar-refractivity contribution in [3.63, 3.8) is 0 Å². The third kappa shape index (κ3) is 4.57. The van der Waals surface area contributed by atoms with Gasteiger partial charge in [-0.15, -0.1) is 0 Å². The smallest absolute Gasteiger partial charge is 0.412 e. The molecule has 0 unspecified atom stereocenters. The molecule has 130 valence electrons. The molecule has 0 fully saturated rings. The lowest BCUT2D eigenvalue weighted by molar-refractivity contribution is 0.0636. The first-order valence-corrected chi connectivity index (χ1v) is 8.41. The zero-order valence-corrected chi connectivity index (χ0v) is 14.9. The molecule has 25 heavy (non-hydrogen) atoms. The molecule has 2 heterocycles. The molecule has 0 aliphatic carbocycles. The van der Waals surface area contributed by atoms with Gasteiger partial charge in [-0.1, -0.05) is 17.4 Å². The van der Waals surface area contributed by atoms with Gasteiger partial charge in [0, 0.05) is 17.8 Å². The van der Waals surface area contributed by atoms with Gasteiger partial charge in [0.05, 0.1) is 0 Å².